The van der Waals surface area contributed by atoms with Crippen molar-refractivity contribution in [3.05, 3.63) is 157 Å². The summed E-state index contributed by atoms with van der Waals surface area (Å²) in [6, 6.07) is 44.4. The molecule has 0 aliphatic rings. The molecule has 5 aromatic rings. The number of benzene rings is 5. The summed E-state index contributed by atoms with van der Waals surface area (Å²) in [5.74, 6) is 0. The van der Waals surface area contributed by atoms with Gasteiger partial charge in [0.1, 0.15) is 0 Å². The summed E-state index contributed by atoms with van der Waals surface area (Å²) in [4.78, 5) is 40.6. The van der Waals surface area contributed by atoms with Crippen molar-refractivity contribution in [1.29, 1.82) is 0 Å². The van der Waals surface area contributed by atoms with E-state index in [1.54, 1.807) is 60.7 Å². The summed E-state index contributed by atoms with van der Waals surface area (Å²) in [6.07, 6.45) is -0.781. The first kappa shape index (κ1) is 33.2. The molecular formula is C33H39NO6P2. The first-order valence-electron chi connectivity index (χ1n) is 13.4. The molecule has 0 aliphatic heterocycles. The van der Waals surface area contributed by atoms with Crippen LogP contribution in [0.15, 0.2) is 152 Å². The number of aliphatic hydroxyl groups excluding tert-OH is 2. The zero-order valence-electron chi connectivity index (χ0n) is 23.1. The van der Waals surface area contributed by atoms with Gasteiger partial charge in [-0.2, -0.15) is 0 Å². The predicted octanol–water partition coefficient (Wildman–Crippen LogP) is 2.44. The number of rotatable bonds is 7. The van der Waals surface area contributed by atoms with E-state index >= 15 is 0 Å². The fraction of sp³-hybridized carbons (Fsp3) is 0.0909. The number of aliphatic hydroxyl groups is 2. The van der Waals surface area contributed by atoms with Crippen LogP contribution in [0.4, 0.5) is 0 Å². The fourth-order valence-electron chi connectivity index (χ4n) is 4.01. The van der Waals surface area contributed by atoms with E-state index in [0.29, 0.717) is 21.2 Å². The van der Waals surface area contributed by atoms with Gasteiger partial charge in [0, 0.05) is 0 Å². The number of hydrogen-bond acceptors (Lipinski definition) is 7. The first-order valence-corrected chi connectivity index (χ1v) is 17.2. The Hall–Kier alpha value is -3.32. The molecule has 0 radical (unpaired) electrons. The quantitative estimate of drug-likeness (QED) is 0.141. The van der Waals surface area contributed by atoms with Crippen molar-refractivity contribution in [1.82, 2.24) is 0 Å². The van der Waals surface area contributed by atoms with Crippen molar-refractivity contribution >= 4 is 36.7 Å². The minimum atomic E-state index is -3.46. The Kier molecular flexibility index (Phi) is 12.9. The van der Waals surface area contributed by atoms with Gasteiger partial charge in [-0.25, -0.2) is 0 Å². The van der Waals surface area contributed by atoms with Crippen LogP contribution in [0.2, 0.25) is 0 Å². The molecule has 7 nitrogen and oxygen atoms in total. The molecule has 42 heavy (non-hydrogen) atoms. The maximum atomic E-state index is 10.2. The van der Waals surface area contributed by atoms with Gasteiger partial charge >= 0.3 is 178 Å². The monoisotopic (exact) mass is 607 g/mol. The second kappa shape index (κ2) is 16.4. The average Bonchev–Trinajstić information content (AvgIpc) is 3.06. The van der Waals surface area contributed by atoms with Gasteiger partial charge in [-0.15, -0.1) is 0 Å². The van der Waals surface area contributed by atoms with E-state index in [1.807, 2.05) is 91.0 Å². The van der Waals surface area contributed by atoms with Crippen molar-refractivity contribution in [3.8, 4) is 0 Å². The summed E-state index contributed by atoms with van der Waals surface area (Å²) in [6.45, 7) is -0.212. The van der Waals surface area contributed by atoms with Gasteiger partial charge in [-0.05, 0) is 5.56 Å². The molecule has 0 heterocycles. The molecule has 0 fully saturated rings. The third-order valence-corrected chi connectivity index (χ3v) is 11.0. The first-order chi connectivity index (χ1) is 20.2. The molecule has 8 N–H and O–H groups in total. The molecular weight excluding hydrogens is 568 g/mol. The van der Waals surface area contributed by atoms with Gasteiger partial charge in [0.05, 0.1) is 18.8 Å². The molecule has 5 aromatic carbocycles. The summed E-state index contributed by atoms with van der Waals surface area (Å²) >= 11 is 0. The second-order valence-electron chi connectivity index (χ2n) is 9.51. The van der Waals surface area contributed by atoms with E-state index in [2.05, 4.69) is 0 Å². The summed E-state index contributed by atoms with van der Waals surface area (Å²) < 4.78 is 0. The van der Waals surface area contributed by atoms with Crippen LogP contribution in [0, 0.1) is 0 Å². The van der Waals surface area contributed by atoms with E-state index in [0.717, 1.165) is 5.56 Å². The summed E-state index contributed by atoms with van der Waals surface area (Å²) in [5.41, 5.74) is 6.18. The predicted molar refractivity (Wildman–Crippen MR) is 176 cm³/mol. The van der Waals surface area contributed by atoms with Crippen LogP contribution in [-0.4, -0.2) is 42.4 Å². The zero-order valence-corrected chi connectivity index (χ0v) is 25.1. The van der Waals surface area contributed by atoms with Crippen molar-refractivity contribution < 1.29 is 29.8 Å². The van der Waals surface area contributed by atoms with Crippen molar-refractivity contribution in [2.75, 3.05) is 6.61 Å². The van der Waals surface area contributed by atoms with E-state index in [-0.39, 0.29) is 6.61 Å². The van der Waals surface area contributed by atoms with Crippen LogP contribution in [-0.2, 0) is 0 Å². The summed E-state index contributed by atoms with van der Waals surface area (Å²) in [5, 5.41) is 20.6. The summed E-state index contributed by atoms with van der Waals surface area (Å²) in [7, 11) is -6.91. The van der Waals surface area contributed by atoms with Gasteiger partial charge in [-0.3, -0.25) is 0 Å². The Morgan fingerprint density at radius 1 is 0.452 bits per heavy atom. The van der Waals surface area contributed by atoms with Crippen LogP contribution in [0.3, 0.4) is 0 Å². The van der Waals surface area contributed by atoms with Crippen molar-refractivity contribution in [2.45, 2.75) is 12.1 Å². The molecule has 0 saturated heterocycles. The van der Waals surface area contributed by atoms with Crippen LogP contribution in [0.25, 0.3) is 0 Å². The molecule has 2 unspecified atom stereocenters. The Morgan fingerprint density at radius 2 is 0.690 bits per heavy atom. The Labute approximate surface area is 247 Å². The van der Waals surface area contributed by atoms with Gasteiger partial charge in [0.15, 0.2) is 0 Å². The molecule has 9 heteroatoms. The Balaban J connectivity index is 0.000000174. The fourth-order valence-corrected chi connectivity index (χ4v) is 7.31. The maximum absolute atomic E-state index is 10.2. The Bertz CT molecular complexity index is 1260. The van der Waals surface area contributed by atoms with E-state index in [9.17, 15) is 24.7 Å². The molecule has 0 aliphatic carbocycles. The van der Waals surface area contributed by atoms with E-state index in [1.165, 1.54) is 0 Å². The minimum absolute atomic E-state index is 0.212. The average molecular weight is 608 g/mol. The molecule has 0 aromatic heterocycles. The van der Waals surface area contributed by atoms with E-state index < -0.39 is 27.6 Å². The standard InChI is InChI=1S/2C12H13O2P.C9H13NO2/c2*13-15(14,11-7-3-1-4-8-11)12-9-5-2-6-10-12;10-8(6-11)9(12)7-4-2-1-3-5-7/h2*1-10,13-15H;1-5,8-9,11-12H,6,10H2. The van der Waals surface area contributed by atoms with Gasteiger partial charge in [0.25, 0.3) is 0 Å². The molecule has 0 spiro atoms. The third kappa shape index (κ3) is 9.35. The molecule has 0 amide bonds. The number of nitrogens with two attached hydrogens (primary N) is 1. The molecule has 2 atom stereocenters. The third-order valence-electron chi connectivity index (χ3n) is 6.46. The topological polar surface area (TPSA) is 147 Å². The second-order valence-corrected chi connectivity index (χ2v) is 14.5. The van der Waals surface area contributed by atoms with E-state index in [4.69, 9.17) is 10.8 Å². The van der Waals surface area contributed by atoms with Crippen LogP contribution in [0.1, 0.15) is 11.7 Å². The van der Waals surface area contributed by atoms with Gasteiger partial charge in [0.2, 0.25) is 0 Å². The van der Waals surface area contributed by atoms with Crippen molar-refractivity contribution in [3.63, 3.8) is 0 Å². The normalized spacial score (nSPS) is 13.3. The zero-order chi connectivity index (χ0) is 30.4. The number of hydrogen-bond donors (Lipinski definition) is 7. The molecule has 5 rings (SSSR count). The van der Waals surface area contributed by atoms with Crippen LogP contribution >= 0.6 is 15.4 Å². The molecule has 0 saturated carbocycles. The van der Waals surface area contributed by atoms with Gasteiger partial charge < -0.3 is 15.9 Å². The van der Waals surface area contributed by atoms with Crippen molar-refractivity contribution in [2.24, 2.45) is 5.73 Å². The SMILES string of the molecule is NC(CO)C(O)c1ccccc1.O[PH](O)(c1ccccc1)c1ccccc1.O[PH](O)(c1ccccc1)c1ccccc1. The van der Waals surface area contributed by atoms with Crippen LogP contribution in [0.5, 0.6) is 0 Å². The van der Waals surface area contributed by atoms with Gasteiger partial charge in [-0.1, -0.05) is 30.3 Å². The Morgan fingerprint density at radius 3 is 0.929 bits per heavy atom. The van der Waals surface area contributed by atoms with Crippen LogP contribution < -0.4 is 27.0 Å². The molecule has 0 bridgehead atoms. The molecule has 222 valence electrons.